The van der Waals surface area contributed by atoms with E-state index >= 15 is 0 Å². The predicted molar refractivity (Wildman–Crippen MR) is 72.7 cm³/mol. The Hall–Kier alpha value is -1.06. The maximum Gasteiger partial charge on any atom is 0.306 e. The highest BCUT2D eigenvalue weighted by molar-refractivity contribution is 5.80. The maximum absolute atomic E-state index is 12.2. The fraction of sp³-hybridized carbons (Fsp3) is 0.867. The predicted octanol–water partition coefficient (Wildman–Crippen LogP) is 2.57. The molecule has 0 saturated heterocycles. The molecule has 2 unspecified atom stereocenters. The van der Waals surface area contributed by atoms with E-state index in [1.54, 1.807) is 0 Å². The molecule has 2 aliphatic carbocycles. The van der Waals surface area contributed by atoms with Gasteiger partial charge in [-0.25, -0.2) is 0 Å². The molecule has 0 aromatic carbocycles. The van der Waals surface area contributed by atoms with Gasteiger partial charge in [-0.3, -0.25) is 9.59 Å². The Morgan fingerprint density at radius 2 is 1.79 bits per heavy atom. The van der Waals surface area contributed by atoms with Gasteiger partial charge in [0.05, 0.1) is 5.92 Å². The number of aliphatic carboxylic acids is 1. The third-order valence-corrected chi connectivity index (χ3v) is 4.89. The van der Waals surface area contributed by atoms with Gasteiger partial charge in [0.1, 0.15) is 0 Å². The van der Waals surface area contributed by atoms with Crippen LogP contribution in [0.1, 0.15) is 58.3 Å². The van der Waals surface area contributed by atoms with E-state index in [0.29, 0.717) is 6.42 Å². The summed E-state index contributed by atoms with van der Waals surface area (Å²) < 4.78 is 0. The molecule has 2 atom stereocenters. The summed E-state index contributed by atoms with van der Waals surface area (Å²) in [6, 6.07) is 0. The van der Waals surface area contributed by atoms with Gasteiger partial charge in [0, 0.05) is 12.5 Å². The van der Waals surface area contributed by atoms with Gasteiger partial charge in [-0.2, -0.15) is 0 Å². The molecule has 4 nitrogen and oxygen atoms in total. The zero-order valence-corrected chi connectivity index (χ0v) is 11.8. The van der Waals surface area contributed by atoms with Crippen LogP contribution in [-0.4, -0.2) is 23.5 Å². The monoisotopic (exact) mass is 267 g/mol. The lowest BCUT2D eigenvalue weighted by atomic mass is 9.80. The van der Waals surface area contributed by atoms with E-state index in [4.69, 9.17) is 5.11 Å². The van der Waals surface area contributed by atoms with Crippen molar-refractivity contribution in [3.63, 3.8) is 0 Å². The topological polar surface area (TPSA) is 66.4 Å². The summed E-state index contributed by atoms with van der Waals surface area (Å²) in [5.41, 5.74) is 0.260. The summed E-state index contributed by atoms with van der Waals surface area (Å²) in [4.78, 5) is 23.2. The standard InChI is InChI=1S/C15H25NO3/c1-15(7-2-3-8-15)10-16-13(17)11-5-4-6-12(9-11)14(18)19/h11-12H,2-10H2,1H3,(H,16,17)(H,18,19). The Balaban J connectivity index is 1.80. The van der Waals surface area contributed by atoms with Crippen LogP contribution in [0.3, 0.4) is 0 Å². The Bertz CT molecular complexity index is 347. The second kappa shape index (κ2) is 5.93. The minimum absolute atomic E-state index is 0.0686. The Kier molecular flexibility index (Phi) is 4.48. The van der Waals surface area contributed by atoms with Crippen LogP contribution >= 0.6 is 0 Å². The van der Waals surface area contributed by atoms with Crippen LogP contribution in [0.5, 0.6) is 0 Å². The van der Waals surface area contributed by atoms with Gasteiger partial charge in [0.25, 0.3) is 0 Å². The van der Waals surface area contributed by atoms with E-state index in [1.165, 1.54) is 25.7 Å². The first-order chi connectivity index (χ1) is 9.00. The molecule has 108 valence electrons. The number of carboxylic acids is 1. The van der Waals surface area contributed by atoms with Crippen molar-refractivity contribution in [1.29, 1.82) is 0 Å². The van der Waals surface area contributed by atoms with Crippen molar-refractivity contribution in [2.24, 2.45) is 17.3 Å². The number of hydrogen-bond acceptors (Lipinski definition) is 2. The molecule has 0 spiro atoms. The smallest absolute Gasteiger partial charge is 0.306 e. The first kappa shape index (κ1) is 14.4. The summed E-state index contributed by atoms with van der Waals surface area (Å²) >= 11 is 0. The van der Waals surface area contributed by atoms with Crippen LogP contribution in [0.15, 0.2) is 0 Å². The third kappa shape index (κ3) is 3.71. The fourth-order valence-corrected chi connectivity index (χ4v) is 3.50. The summed E-state index contributed by atoms with van der Waals surface area (Å²) in [6.07, 6.45) is 7.83. The maximum atomic E-state index is 12.2. The Morgan fingerprint density at radius 3 is 2.42 bits per heavy atom. The van der Waals surface area contributed by atoms with Gasteiger partial charge >= 0.3 is 5.97 Å². The lowest BCUT2D eigenvalue weighted by Crippen LogP contribution is -2.40. The van der Waals surface area contributed by atoms with Crippen LogP contribution in [0, 0.1) is 17.3 Å². The number of carboxylic acid groups (broad SMARTS) is 1. The quantitative estimate of drug-likeness (QED) is 0.822. The fourth-order valence-electron chi connectivity index (χ4n) is 3.50. The molecule has 2 saturated carbocycles. The highest BCUT2D eigenvalue weighted by Gasteiger charge is 2.33. The first-order valence-electron chi connectivity index (χ1n) is 7.51. The molecule has 2 fully saturated rings. The van der Waals surface area contributed by atoms with E-state index in [0.717, 1.165) is 25.8 Å². The minimum Gasteiger partial charge on any atom is -0.481 e. The molecule has 0 aliphatic heterocycles. The molecule has 0 aromatic rings. The molecule has 0 radical (unpaired) electrons. The van der Waals surface area contributed by atoms with Crippen LogP contribution < -0.4 is 5.32 Å². The number of nitrogens with one attached hydrogen (secondary N) is 1. The number of carbonyl (C=O) groups excluding carboxylic acids is 1. The number of carbonyl (C=O) groups is 2. The molecular formula is C15H25NO3. The lowest BCUT2D eigenvalue weighted by molar-refractivity contribution is -0.144. The highest BCUT2D eigenvalue weighted by Crippen LogP contribution is 2.37. The molecule has 0 heterocycles. The lowest BCUT2D eigenvalue weighted by Gasteiger charge is -2.28. The summed E-state index contributed by atoms with van der Waals surface area (Å²) in [5.74, 6) is -1.11. The second-order valence-electron chi connectivity index (χ2n) is 6.63. The van der Waals surface area contributed by atoms with E-state index in [9.17, 15) is 9.59 Å². The molecule has 2 aliphatic rings. The summed E-state index contributed by atoms with van der Waals surface area (Å²) in [5, 5.41) is 12.1. The average Bonchev–Trinajstić information content (AvgIpc) is 2.83. The van der Waals surface area contributed by atoms with Gasteiger partial charge in [0.2, 0.25) is 5.91 Å². The molecule has 1 amide bonds. The van der Waals surface area contributed by atoms with Crippen molar-refractivity contribution in [3.05, 3.63) is 0 Å². The molecular weight excluding hydrogens is 242 g/mol. The van der Waals surface area contributed by atoms with Crippen molar-refractivity contribution < 1.29 is 14.7 Å². The zero-order valence-electron chi connectivity index (χ0n) is 11.8. The van der Waals surface area contributed by atoms with Crippen LogP contribution in [-0.2, 0) is 9.59 Å². The van der Waals surface area contributed by atoms with Crippen LogP contribution in [0.2, 0.25) is 0 Å². The second-order valence-corrected chi connectivity index (χ2v) is 6.63. The molecule has 2 N–H and O–H groups in total. The van der Waals surface area contributed by atoms with E-state index in [1.807, 2.05) is 0 Å². The highest BCUT2D eigenvalue weighted by atomic mass is 16.4. The van der Waals surface area contributed by atoms with E-state index < -0.39 is 5.97 Å². The third-order valence-electron chi connectivity index (χ3n) is 4.89. The molecule has 19 heavy (non-hydrogen) atoms. The van der Waals surface area contributed by atoms with Crippen molar-refractivity contribution in [2.45, 2.75) is 58.3 Å². The van der Waals surface area contributed by atoms with E-state index in [2.05, 4.69) is 12.2 Å². The Labute approximate surface area is 115 Å². The van der Waals surface area contributed by atoms with Gasteiger partial charge in [-0.1, -0.05) is 26.2 Å². The van der Waals surface area contributed by atoms with Gasteiger partial charge < -0.3 is 10.4 Å². The average molecular weight is 267 g/mol. The van der Waals surface area contributed by atoms with Crippen molar-refractivity contribution >= 4 is 11.9 Å². The van der Waals surface area contributed by atoms with Crippen molar-refractivity contribution in [3.8, 4) is 0 Å². The summed E-state index contributed by atoms with van der Waals surface area (Å²) in [6.45, 7) is 2.99. The molecule has 0 bridgehead atoms. The minimum atomic E-state index is -0.750. The van der Waals surface area contributed by atoms with Gasteiger partial charge in [-0.05, 0) is 37.5 Å². The number of rotatable bonds is 4. The number of hydrogen-bond donors (Lipinski definition) is 2. The van der Waals surface area contributed by atoms with Crippen LogP contribution in [0.4, 0.5) is 0 Å². The molecule has 2 rings (SSSR count). The first-order valence-corrected chi connectivity index (χ1v) is 7.51. The normalized spacial score (nSPS) is 29.9. The molecule has 0 aromatic heterocycles. The van der Waals surface area contributed by atoms with Crippen molar-refractivity contribution in [1.82, 2.24) is 5.32 Å². The van der Waals surface area contributed by atoms with E-state index in [-0.39, 0.29) is 23.2 Å². The zero-order chi connectivity index (χ0) is 13.9. The van der Waals surface area contributed by atoms with Gasteiger partial charge in [-0.15, -0.1) is 0 Å². The molecule has 4 heteroatoms. The SMILES string of the molecule is CC1(CNC(=O)C2CCCC(C(=O)O)C2)CCCC1. The Morgan fingerprint density at radius 1 is 1.16 bits per heavy atom. The van der Waals surface area contributed by atoms with Gasteiger partial charge in [0.15, 0.2) is 0 Å². The number of amides is 1. The largest absolute Gasteiger partial charge is 0.481 e. The van der Waals surface area contributed by atoms with Crippen LogP contribution in [0.25, 0.3) is 0 Å². The summed E-state index contributed by atoms with van der Waals surface area (Å²) in [7, 11) is 0. The van der Waals surface area contributed by atoms with Crippen molar-refractivity contribution in [2.75, 3.05) is 6.54 Å².